The topological polar surface area (TPSA) is 43.6 Å². The van der Waals surface area contributed by atoms with Gasteiger partial charge in [0.1, 0.15) is 22.8 Å². The highest BCUT2D eigenvalue weighted by Crippen LogP contribution is 2.25. The smallest absolute Gasteiger partial charge is 0.387 e. The number of nitrogens with zero attached hydrogens (tertiary/aromatic N) is 2. The summed E-state index contributed by atoms with van der Waals surface area (Å²) in [6.07, 6.45) is 2.46. The van der Waals surface area contributed by atoms with Gasteiger partial charge in [-0.15, -0.1) is 0 Å². The maximum Gasteiger partial charge on any atom is 0.387 e. The van der Waals surface area contributed by atoms with Crippen LogP contribution in [0.25, 0.3) is 16.9 Å². The lowest BCUT2D eigenvalue weighted by Gasteiger charge is -2.04. The first kappa shape index (κ1) is 13.2. The first-order chi connectivity index (χ1) is 10.2. The predicted molar refractivity (Wildman–Crippen MR) is 72.6 cm³/mol. The summed E-state index contributed by atoms with van der Waals surface area (Å²) < 4.78 is 30.2. The van der Waals surface area contributed by atoms with Gasteiger partial charge in [-0.2, -0.15) is 8.78 Å². The normalized spacial score (nSPS) is 11.0. The number of carbonyl (C=O) groups excluding carboxylic acids is 1. The Kier molecular flexibility index (Phi) is 3.35. The summed E-state index contributed by atoms with van der Waals surface area (Å²) in [4.78, 5) is 15.7. The SMILES string of the molecule is O=Cc1c(-c2ccc(OC(F)F)cc2)nc2ccccn12. The molecule has 106 valence electrons. The second-order valence-electron chi connectivity index (χ2n) is 4.30. The molecule has 0 unspecified atom stereocenters. The molecule has 3 aromatic rings. The highest BCUT2D eigenvalue weighted by molar-refractivity contribution is 5.86. The number of pyridine rings is 1. The number of ether oxygens (including phenoxy) is 1. The Hall–Kier alpha value is -2.76. The van der Waals surface area contributed by atoms with Crippen LogP contribution in [0, 0.1) is 0 Å². The van der Waals surface area contributed by atoms with Gasteiger partial charge < -0.3 is 4.74 Å². The van der Waals surface area contributed by atoms with Gasteiger partial charge in [-0.05, 0) is 36.4 Å². The van der Waals surface area contributed by atoms with Crippen LogP contribution in [0.1, 0.15) is 10.5 Å². The summed E-state index contributed by atoms with van der Waals surface area (Å²) in [7, 11) is 0. The first-order valence-corrected chi connectivity index (χ1v) is 6.16. The molecule has 0 amide bonds. The van der Waals surface area contributed by atoms with Gasteiger partial charge in [0.2, 0.25) is 0 Å². The summed E-state index contributed by atoms with van der Waals surface area (Å²) >= 11 is 0. The molecule has 0 radical (unpaired) electrons. The number of benzene rings is 1. The zero-order chi connectivity index (χ0) is 14.8. The third kappa shape index (κ3) is 2.47. The summed E-state index contributed by atoms with van der Waals surface area (Å²) in [5, 5.41) is 0. The van der Waals surface area contributed by atoms with Crippen molar-refractivity contribution < 1.29 is 18.3 Å². The Labute approximate surface area is 118 Å². The fourth-order valence-corrected chi connectivity index (χ4v) is 2.13. The number of carbonyl (C=O) groups is 1. The summed E-state index contributed by atoms with van der Waals surface area (Å²) in [6.45, 7) is -2.86. The molecule has 0 N–H and O–H groups in total. The molecule has 4 nitrogen and oxygen atoms in total. The highest BCUT2D eigenvalue weighted by atomic mass is 19.3. The number of alkyl halides is 2. The Morgan fingerprint density at radius 2 is 1.90 bits per heavy atom. The van der Waals surface area contributed by atoms with Crippen molar-refractivity contribution in [1.82, 2.24) is 9.38 Å². The molecule has 6 heteroatoms. The van der Waals surface area contributed by atoms with Crippen LogP contribution < -0.4 is 4.74 Å². The zero-order valence-corrected chi connectivity index (χ0v) is 10.7. The fraction of sp³-hybridized carbons (Fsp3) is 0.0667. The highest BCUT2D eigenvalue weighted by Gasteiger charge is 2.13. The number of fused-ring (bicyclic) bond motifs is 1. The molecular formula is C15H10F2N2O2. The molecule has 0 fully saturated rings. The molecule has 0 aliphatic carbocycles. The van der Waals surface area contributed by atoms with Crippen LogP contribution in [0.4, 0.5) is 8.78 Å². The van der Waals surface area contributed by atoms with E-state index in [9.17, 15) is 13.6 Å². The van der Waals surface area contributed by atoms with Crippen molar-refractivity contribution in [1.29, 1.82) is 0 Å². The molecular weight excluding hydrogens is 278 g/mol. The molecule has 2 heterocycles. The maximum absolute atomic E-state index is 12.1. The average molecular weight is 288 g/mol. The Balaban J connectivity index is 2.05. The fourth-order valence-electron chi connectivity index (χ4n) is 2.13. The number of aromatic nitrogens is 2. The zero-order valence-electron chi connectivity index (χ0n) is 10.7. The van der Waals surface area contributed by atoms with Crippen LogP contribution in [-0.2, 0) is 0 Å². The third-order valence-corrected chi connectivity index (χ3v) is 3.03. The van der Waals surface area contributed by atoms with Gasteiger partial charge in [0.15, 0.2) is 6.29 Å². The van der Waals surface area contributed by atoms with E-state index >= 15 is 0 Å². The van der Waals surface area contributed by atoms with Crippen LogP contribution in [0.2, 0.25) is 0 Å². The maximum atomic E-state index is 12.1. The third-order valence-electron chi connectivity index (χ3n) is 3.03. The molecule has 0 atom stereocenters. The molecule has 0 aliphatic rings. The number of halogens is 2. The van der Waals surface area contributed by atoms with Crippen LogP contribution >= 0.6 is 0 Å². The van der Waals surface area contributed by atoms with Crippen LogP contribution in [-0.4, -0.2) is 22.3 Å². The summed E-state index contributed by atoms with van der Waals surface area (Å²) in [5.41, 5.74) is 2.21. The first-order valence-electron chi connectivity index (χ1n) is 6.16. The van der Waals surface area contributed by atoms with E-state index in [0.29, 0.717) is 22.6 Å². The van der Waals surface area contributed by atoms with Gasteiger partial charge in [-0.25, -0.2) is 4.98 Å². The van der Waals surface area contributed by atoms with Gasteiger partial charge in [0, 0.05) is 11.8 Å². The van der Waals surface area contributed by atoms with E-state index in [-0.39, 0.29) is 5.75 Å². The number of aldehydes is 1. The second kappa shape index (κ2) is 5.32. The molecule has 0 saturated heterocycles. The van der Waals surface area contributed by atoms with Gasteiger partial charge in [0.25, 0.3) is 0 Å². The van der Waals surface area contributed by atoms with E-state index in [0.717, 1.165) is 6.29 Å². The Morgan fingerprint density at radius 3 is 2.57 bits per heavy atom. The largest absolute Gasteiger partial charge is 0.435 e. The van der Waals surface area contributed by atoms with E-state index in [4.69, 9.17) is 0 Å². The van der Waals surface area contributed by atoms with Crippen molar-refractivity contribution in [2.45, 2.75) is 6.61 Å². The number of imidazole rings is 1. The lowest BCUT2D eigenvalue weighted by Crippen LogP contribution is -2.01. The van der Waals surface area contributed by atoms with Gasteiger partial charge in [0.05, 0.1) is 0 Å². The van der Waals surface area contributed by atoms with E-state index in [1.54, 1.807) is 34.9 Å². The molecule has 0 bridgehead atoms. The number of rotatable bonds is 4. The van der Waals surface area contributed by atoms with Crippen molar-refractivity contribution in [2.24, 2.45) is 0 Å². The molecule has 2 aromatic heterocycles. The average Bonchev–Trinajstić information content (AvgIpc) is 2.86. The van der Waals surface area contributed by atoms with Crippen molar-refractivity contribution in [3.63, 3.8) is 0 Å². The molecule has 0 aliphatic heterocycles. The Morgan fingerprint density at radius 1 is 1.14 bits per heavy atom. The van der Waals surface area contributed by atoms with Gasteiger partial charge >= 0.3 is 6.61 Å². The van der Waals surface area contributed by atoms with Crippen molar-refractivity contribution >= 4 is 11.9 Å². The van der Waals surface area contributed by atoms with Crippen molar-refractivity contribution in [2.75, 3.05) is 0 Å². The minimum Gasteiger partial charge on any atom is -0.435 e. The van der Waals surface area contributed by atoms with Gasteiger partial charge in [-0.3, -0.25) is 9.20 Å². The molecule has 1 aromatic carbocycles. The van der Waals surface area contributed by atoms with Crippen molar-refractivity contribution in [3.05, 3.63) is 54.4 Å². The van der Waals surface area contributed by atoms with E-state index < -0.39 is 6.61 Å². The second-order valence-corrected chi connectivity index (χ2v) is 4.30. The minimum absolute atomic E-state index is 0.0603. The lowest BCUT2D eigenvalue weighted by molar-refractivity contribution is -0.0498. The van der Waals surface area contributed by atoms with Crippen molar-refractivity contribution in [3.8, 4) is 17.0 Å². The van der Waals surface area contributed by atoms with E-state index in [2.05, 4.69) is 9.72 Å². The monoisotopic (exact) mass is 288 g/mol. The standard InChI is InChI=1S/C15H10F2N2O2/c16-15(17)21-11-6-4-10(5-7-11)14-12(9-20)19-8-2-1-3-13(19)18-14/h1-9,15H. The molecule has 21 heavy (non-hydrogen) atoms. The van der Waals surface area contributed by atoms with Crippen LogP contribution in [0.3, 0.4) is 0 Å². The lowest BCUT2D eigenvalue weighted by atomic mass is 10.1. The van der Waals surface area contributed by atoms with Gasteiger partial charge in [-0.1, -0.05) is 6.07 Å². The predicted octanol–water partition coefficient (Wildman–Crippen LogP) is 3.42. The Bertz CT molecular complexity index is 782. The summed E-state index contributed by atoms with van der Waals surface area (Å²) in [6, 6.07) is 11.4. The molecule has 0 saturated carbocycles. The molecule has 0 spiro atoms. The van der Waals surface area contributed by atoms with Crippen LogP contribution in [0.5, 0.6) is 5.75 Å². The number of hydrogen-bond acceptors (Lipinski definition) is 3. The minimum atomic E-state index is -2.86. The van der Waals surface area contributed by atoms with E-state index in [1.807, 2.05) is 6.07 Å². The van der Waals surface area contributed by atoms with Crippen LogP contribution in [0.15, 0.2) is 48.7 Å². The van der Waals surface area contributed by atoms with E-state index in [1.165, 1.54) is 12.1 Å². The quantitative estimate of drug-likeness (QED) is 0.691. The molecule has 3 rings (SSSR count). The summed E-state index contributed by atoms with van der Waals surface area (Å²) in [5.74, 6) is 0.0603. The number of hydrogen-bond donors (Lipinski definition) is 0.